The monoisotopic (exact) mass is 297 g/mol. The lowest BCUT2D eigenvalue weighted by Gasteiger charge is -2.33. The van der Waals surface area contributed by atoms with Gasteiger partial charge < -0.3 is 11.1 Å². The largest absolute Gasteiger partial charge is 0.399 e. The molecule has 0 saturated carbocycles. The van der Waals surface area contributed by atoms with Gasteiger partial charge in [-0.2, -0.15) is 4.31 Å². The molecule has 1 aliphatic rings. The quantitative estimate of drug-likeness (QED) is 0.782. The molecule has 1 aliphatic heterocycles. The van der Waals surface area contributed by atoms with Gasteiger partial charge in [0.25, 0.3) is 0 Å². The number of carbonyl (C=O) groups is 1. The molecular formula is C13H19N3O3S. The lowest BCUT2D eigenvalue weighted by atomic mass is 10.2. The van der Waals surface area contributed by atoms with Gasteiger partial charge in [-0.3, -0.25) is 4.79 Å². The first-order chi connectivity index (χ1) is 9.44. The fraction of sp³-hybridized carbons (Fsp3) is 0.462. The number of nitrogens with zero attached hydrogens (tertiary/aromatic N) is 1. The maximum Gasteiger partial charge on any atom is 0.238 e. The molecule has 110 valence electrons. The van der Waals surface area contributed by atoms with Crippen molar-refractivity contribution in [2.24, 2.45) is 0 Å². The van der Waals surface area contributed by atoms with E-state index >= 15 is 0 Å². The summed E-state index contributed by atoms with van der Waals surface area (Å²) < 4.78 is 26.2. The predicted molar refractivity (Wildman–Crippen MR) is 77.3 cm³/mol. The van der Waals surface area contributed by atoms with Crippen LogP contribution < -0.4 is 11.1 Å². The summed E-state index contributed by atoms with van der Waals surface area (Å²) in [5.74, 6) is -0.337. The Kier molecular flexibility index (Phi) is 4.29. The first kappa shape index (κ1) is 14.8. The standard InChI is InChI=1S/C13H19N3O3S/c1-2-12-13(17)15-7-8-16(12)20(18,19)9-10-3-5-11(14)6-4-10/h3-6,12H,2,7-9,14H2,1H3,(H,15,17). The second kappa shape index (κ2) is 5.80. The maximum atomic E-state index is 12.5. The van der Waals surface area contributed by atoms with Gasteiger partial charge in [-0.1, -0.05) is 19.1 Å². The van der Waals surface area contributed by atoms with Gasteiger partial charge in [0.1, 0.15) is 6.04 Å². The van der Waals surface area contributed by atoms with E-state index in [-0.39, 0.29) is 11.7 Å². The highest BCUT2D eigenvalue weighted by Gasteiger charge is 2.36. The number of piperazine rings is 1. The Balaban J connectivity index is 2.20. The van der Waals surface area contributed by atoms with Crippen molar-refractivity contribution < 1.29 is 13.2 Å². The average molecular weight is 297 g/mol. The first-order valence-corrected chi connectivity index (χ1v) is 8.16. The van der Waals surface area contributed by atoms with E-state index in [1.165, 1.54) is 4.31 Å². The summed E-state index contributed by atoms with van der Waals surface area (Å²) in [5.41, 5.74) is 6.84. The Morgan fingerprint density at radius 2 is 2.00 bits per heavy atom. The molecule has 1 fully saturated rings. The van der Waals surface area contributed by atoms with E-state index in [9.17, 15) is 13.2 Å². The Morgan fingerprint density at radius 3 is 2.60 bits per heavy atom. The van der Waals surface area contributed by atoms with Crippen molar-refractivity contribution in [2.45, 2.75) is 25.1 Å². The van der Waals surface area contributed by atoms with Crippen LogP contribution in [0, 0.1) is 0 Å². The van der Waals surface area contributed by atoms with Crippen LogP contribution in [0.1, 0.15) is 18.9 Å². The molecule has 6 nitrogen and oxygen atoms in total. The van der Waals surface area contributed by atoms with Crippen LogP contribution in [0.15, 0.2) is 24.3 Å². The van der Waals surface area contributed by atoms with E-state index in [1.54, 1.807) is 31.2 Å². The van der Waals surface area contributed by atoms with Crippen molar-refractivity contribution in [3.8, 4) is 0 Å². The summed E-state index contributed by atoms with van der Waals surface area (Å²) in [6.07, 6.45) is 0.465. The van der Waals surface area contributed by atoms with Crippen LogP contribution >= 0.6 is 0 Å². The van der Waals surface area contributed by atoms with Crippen molar-refractivity contribution >= 4 is 21.6 Å². The van der Waals surface area contributed by atoms with Crippen molar-refractivity contribution in [1.29, 1.82) is 0 Å². The third-order valence-electron chi connectivity index (χ3n) is 3.35. The summed E-state index contributed by atoms with van der Waals surface area (Å²) in [7, 11) is -3.51. The van der Waals surface area contributed by atoms with Gasteiger partial charge in [-0.15, -0.1) is 0 Å². The van der Waals surface area contributed by atoms with E-state index in [4.69, 9.17) is 5.73 Å². The molecule has 1 saturated heterocycles. The second-order valence-electron chi connectivity index (χ2n) is 4.82. The first-order valence-electron chi connectivity index (χ1n) is 6.55. The van der Waals surface area contributed by atoms with Crippen LogP contribution in [0.3, 0.4) is 0 Å². The SMILES string of the molecule is CCC1C(=O)NCCN1S(=O)(=O)Cc1ccc(N)cc1. The number of anilines is 1. The molecule has 20 heavy (non-hydrogen) atoms. The fourth-order valence-electron chi connectivity index (χ4n) is 2.32. The zero-order valence-corrected chi connectivity index (χ0v) is 12.2. The number of nitrogen functional groups attached to an aromatic ring is 1. The second-order valence-corrected chi connectivity index (χ2v) is 6.75. The molecule has 1 aromatic rings. The van der Waals surface area contributed by atoms with Crippen molar-refractivity contribution in [2.75, 3.05) is 18.8 Å². The van der Waals surface area contributed by atoms with Gasteiger partial charge in [-0.25, -0.2) is 8.42 Å². The number of rotatable bonds is 4. The Morgan fingerprint density at radius 1 is 1.35 bits per heavy atom. The van der Waals surface area contributed by atoms with E-state index in [0.717, 1.165) is 0 Å². The predicted octanol–water partition coefficient (Wildman–Crippen LogP) is 0.309. The minimum Gasteiger partial charge on any atom is -0.399 e. The molecule has 0 bridgehead atoms. The topological polar surface area (TPSA) is 92.5 Å². The molecule has 1 amide bonds. The summed E-state index contributed by atoms with van der Waals surface area (Å²) in [6, 6.07) is 6.12. The van der Waals surface area contributed by atoms with Crippen LogP contribution in [0.5, 0.6) is 0 Å². The molecule has 1 atom stereocenters. The van der Waals surface area contributed by atoms with Crippen LogP contribution in [0.4, 0.5) is 5.69 Å². The number of carbonyl (C=O) groups excluding carboxylic acids is 1. The molecular weight excluding hydrogens is 278 g/mol. The van der Waals surface area contributed by atoms with Gasteiger partial charge in [0.05, 0.1) is 5.75 Å². The fourth-order valence-corrected chi connectivity index (χ4v) is 4.10. The third kappa shape index (κ3) is 3.10. The van der Waals surface area contributed by atoms with E-state index in [0.29, 0.717) is 30.8 Å². The zero-order chi connectivity index (χ0) is 14.8. The molecule has 1 aromatic carbocycles. The lowest BCUT2D eigenvalue weighted by molar-refractivity contribution is -0.126. The third-order valence-corrected chi connectivity index (χ3v) is 5.20. The molecule has 3 N–H and O–H groups in total. The number of hydrogen-bond donors (Lipinski definition) is 2. The summed E-state index contributed by atoms with van der Waals surface area (Å²) >= 11 is 0. The van der Waals surface area contributed by atoms with Crippen LogP contribution in [0.2, 0.25) is 0 Å². The number of sulfonamides is 1. The number of nitrogens with two attached hydrogens (primary N) is 1. The number of hydrogen-bond acceptors (Lipinski definition) is 4. The van der Waals surface area contributed by atoms with Crippen LogP contribution in [-0.4, -0.2) is 37.8 Å². The highest BCUT2D eigenvalue weighted by molar-refractivity contribution is 7.88. The van der Waals surface area contributed by atoms with E-state index in [2.05, 4.69) is 5.32 Å². The number of benzene rings is 1. The highest BCUT2D eigenvalue weighted by Crippen LogP contribution is 2.18. The van der Waals surface area contributed by atoms with Crippen LogP contribution in [-0.2, 0) is 20.6 Å². The van der Waals surface area contributed by atoms with E-state index < -0.39 is 16.1 Å². The molecule has 0 spiro atoms. The highest BCUT2D eigenvalue weighted by atomic mass is 32.2. The van der Waals surface area contributed by atoms with Crippen molar-refractivity contribution in [1.82, 2.24) is 9.62 Å². The lowest BCUT2D eigenvalue weighted by Crippen LogP contribution is -2.56. The van der Waals surface area contributed by atoms with Gasteiger partial charge in [0, 0.05) is 18.8 Å². The van der Waals surface area contributed by atoms with Gasteiger partial charge in [0.2, 0.25) is 15.9 Å². The molecule has 0 aromatic heterocycles. The van der Waals surface area contributed by atoms with Gasteiger partial charge in [0.15, 0.2) is 0 Å². The molecule has 2 rings (SSSR count). The molecule has 1 heterocycles. The Hall–Kier alpha value is -1.60. The Labute approximate surface area is 119 Å². The van der Waals surface area contributed by atoms with Gasteiger partial charge in [-0.05, 0) is 24.1 Å². The average Bonchev–Trinajstić information content (AvgIpc) is 2.41. The minimum atomic E-state index is -3.51. The summed E-state index contributed by atoms with van der Waals surface area (Å²) in [6.45, 7) is 2.49. The normalized spacial score (nSPS) is 20.6. The Bertz CT molecular complexity index is 583. The van der Waals surface area contributed by atoms with E-state index in [1.807, 2.05) is 0 Å². The molecule has 1 unspecified atom stereocenters. The maximum absolute atomic E-state index is 12.5. The van der Waals surface area contributed by atoms with Crippen molar-refractivity contribution in [3.05, 3.63) is 29.8 Å². The van der Waals surface area contributed by atoms with Crippen molar-refractivity contribution in [3.63, 3.8) is 0 Å². The molecule has 0 radical (unpaired) electrons. The molecule has 0 aliphatic carbocycles. The van der Waals surface area contributed by atoms with Crippen LogP contribution in [0.25, 0.3) is 0 Å². The van der Waals surface area contributed by atoms with Gasteiger partial charge >= 0.3 is 0 Å². The number of amides is 1. The zero-order valence-electron chi connectivity index (χ0n) is 11.4. The minimum absolute atomic E-state index is 0.114. The number of nitrogens with one attached hydrogen (secondary N) is 1. The summed E-state index contributed by atoms with van der Waals surface area (Å²) in [5, 5.41) is 2.69. The summed E-state index contributed by atoms with van der Waals surface area (Å²) in [4.78, 5) is 11.7. The molecule has 7 heteroatoms. The smallest absolute Gasteiger partial charge is 0.238 e.